The van der Waals surface area contributed by atoms with Crippen molar-refractivity contribution in [1.82, 2.24) is 19.6 Å². The molecule has 1 aromatic carbocycles. The molecule has 0 N–H and O–H groups in total. The van der Waals surface area contributed by atoms with E-state index < -0.39 is 0 Å². The lowest BCUT2D eigenvalue weighted by molar-refractivity contribution is -0.136. The molecule has 0 radical (unpaired) electrons. The fourth-order valence-corrected chi connectivity index (χ4v) is 5.13. The Bertz CT molecular complexity index is 1240. The van der Waals surface area contributed by atoms with Gasteiger partial charge in [-0.25, -0.2) is 4.68 Å². The number of benzene rings is 1. The van der Waals surface area contributed by atoms with E-state index in [9.17, 15) is 9.59 Å². The number of furan rings is 1. The zero-order valence-corrected chi connectivity index (χ0v) is 19.8. The van der Waals surface area contributed by atoms with E-state index in [0.717, 1.165) is 21.8 Å². The zero-order chi connectivity index (χ0) is 23.5. The molecule has 174 valence electrons. The summed E-state index contributed by atoms with van der Waals surface area (Å²) < 4.78 is 7.11. The molecular weight excluding hydrogens is 448 g/mol. The van der Waals surface area contributed by atoms with Gasteiger partial charge < -0.3 is 14.2 Å². The van der Waals surface area contributed by atoms with Crippen LogP contribution in [0.25, 0.3) is 16.3 Å². The molecule has 0 unspecified atom stereocenters. The number of carbonyl (C=O) groups is 2. The average Bonchev–Trinajstić information content (AvgIpc) is 3.66. The average molecular weight is 475 g/mol. The summed E-state index contributed by atoms with van der Waals surface area (Å²) >= 11 is 1.64. The molecule has 0 aliphatic carbocycles. The summed E-state index contributed by atoms with van der Waals surface area (Å²) in [5, 5.41) is 6.87. The van der Waals surface area contributed by atoms with Crippen molar-refractivity contribution >= 4 is 23.2 Å². The van der Waals surface area contributed by atoms with Gasteiger partial charge in [-0.2, -0.15) is 5.10 Å². The third kappa shape index (κ3) is 4.54. The molecule has 1 aliphatic heterocycles. The van der Waals surface area contributed by atoms with E-state index >= 15 is 0 Å². The fourth-order valence-electron chi connectivity index (χ4n) is 4.39. The van der Waals surface area contributed by atoms with Gasteiger partial charge in [0, 0.05) is 44.4 Å². The van der Waals surface area contributed by atoms with Crippen molar-refractivity contribution in [3.8, 4) is 16.3 Å². The maximum Gasteiger partial charge on any atom is 0.289 e. The molecule has 1 aliphatic rings. The van der Waals surface area contributed by atoms with Gasteiger partial charge >= 0.3 is 0 Å². The highest BCUT2D eigenvalue weighted by Gasteiger charge is 2.30. The van der Waals surface area contributed by atoms with E-state index in [1.54, 1.807) is 33.3 Å². The highest BCUT2D eigenvalue weighted by atomic mass is 32.1. The number of nitrogens with zero attached hydrogens (tertiary/aromatic N) is 4. The minimum absolute atomic E-state index is 0.0972. The molecule has 0 spiro atoms. The maximum absolute atomic E-state index is 13.3. The van der Waals surface area contributed by atoms with Crippen LogP contribution in [0.15, 0.2) is 76.9 Å². The second-order valence-corrected chi connectivity index (χ2v) is 9.45. The number of likely N-dealkylation sites (tertiary alicyclic amines) is 1. The SMILES string of the molecule is CN(Cc1cn(-c2ccccc2)nc1-c1cccs1)C(=O)C1CCN(C(=O)c2ccco2)CC1. The van der Waals surface area contributed by atoms with E-state index in [1.807, 2.05) is 59.7 Å². The Hall–Kier alpha value is -3.65. The third-order valence-corrected chi connectivity index (χ3v) is 7.09. The number of rotatable bonds is 6. The molecule has 0 bridgehead atoms. The van der Waals surface area contributed by atoms with Gasteiger partial charge in [-0.15, -0.1) is 11.3 Å². The predicted octanol–water partition coefficient (Wildman–Crippen LogP) is 4.70. The quantitative estimate of drug-likeness (QED) is 0.406. The molecule has 3 aromatic heterocycles. The van der Waals surface area contributed by atoms with Crippen LogP contribution in [0, 0.1) is 5.92 Å². The van der Waals surface area contributed by atoms with Crippen LogP contribution >= 0.6 is 11.3 Å². The van der Waals surface area contributed by atoms with Crippen LogP contribution in [0.5, 0.6) is 0 Å². The Morgan fingerprint density at radius 1 is 1.09 bits per heavy atom. The van der Waals surface area contributed by atoms with Gasteiger partial charge in [-0.3, -0.25) is 9.59 Å². The van der Waals surface area contributed by atoms with Crippen LogP contribution in [0.3, 0.4) is 0 Å². The molecule has 7 nitrogen and oxygen atoms in total. The smallest absolute Gasteiger partial charge is 0.289 e. The number of aromatic nitrogens is 2. The van der Waals surface area contributed by atoms with E-state index in [-0.39, 0.29) is 17.7 Å². The minimum atomic E-state index is -0.113. The summed E-state index contributed by atoms with van der Waals surface area (Å²) in [7, 11) is 1.85. The fraction of sp³-hybridized carbons (Fsp3) is 0.269. The number of hydrogen-bond acceptors (Lipinski definition) is 5. The van der Waals surface area contributed by atoms with E-state index in [1.165, 1.54) is 6.26 Å². The van der Waals surface area contributed by atoms with E-state index in [0.29, 0.717) is 38.2 Å². The van der Waals surface area contributed by atoms with Crippen LogP contribution in [-0.2, 0) is 11.3 Å². The number of amides is 2. The minimum Gasteiger partial charge on any atom is -0.459 e. The van der Waals surface area contributed by atoms with E-state index in [4.69, 9.17) is 9.52 Å². The summed E-state index contributed by atoms with van der Waals surface area (Å²) in [6.45, 7) is 1.58. The lowest BCUT2D eigenvalue weighted by atomic mass is 9.95. The molecule has 2 amide bonds. The Labute approximate surface area is 202 Å². The number of para-hydroxylation sites is 1. The Morgan fingerprint density at radius 3 is 2.56 bits per heavy atom. The van der Waals surface area contributed by atoms with Crippen molar-refractivity contribution in [2.24, 2.45) is 5.92 Å². The summed E-state index contributed by atoms with van der Waals surface area (Å²) in [6.07, 6.45) is 4.81. The van der Waals surface area contributed by atoms with Gasteiger partial charge in [0.05, 0.1) is 16.8 Å². The van der Waals surface area contributed by atoms with Crippen molar-refractivity contribution < 1.29 is 14.0 Å². The molecular formula is C26H26N4O3S. The first kappa shape index (κ1) is 22.2. The van der Waals surface area contributed by atoms with Gasteiger partial charge in [0.2, 0.25) is 5.91 Å². The lowest BCUT2D eigenvalue weighted by Gasteiger charge is -2.32. The van der Waals surface area contributed by atoms with Crippen molar-refractivity contribution in [3.05, 3.63) is 83.8 Å². The topological polar surface area (TPSA) is 71.6 Å². The molecule has 0 saturated carbocycles. The monoisotopic (exact) mass is 474 g/mol. The van der Waals surface area contributed by atoms with Crippen molar-refractivity contribution in [1.29, 1.82) is 0 Å². The predicted molar refractivity (Wildman–Crippen MR) is 131 cm³/mol. The Balaban J connectivity index is 1.28. The first-order valence-electron chi connectivity index (χ1n) is 11.4. The third-order valence-electron chi connectivity index (χ3n) is 6.21. The Kier molecular flexibility index (Phi) is 6.31. The van der Waals surface area contributed by atoms with Crippen LogP contribution in [0.1, 0.15) is 29.0 Å². The first-order chi connectivity index (χ1) is 16.6. The van der Waals surface area contributed by atoms with Crippen molar-refractivity contribution in [2.45, 2.75) is 19.4 Å². The highest BCUT2D eigenvalue weighted by Crippen LogP contribution is 2.29. The molecule has 34 heavy (non-hydrogen) atoms. The van der Waals surface area contributed by atoms with Crippen LogP contribution in [0.4, 0.5) is 0 Å². The number of carbonyl (C=O) groups excluding carboxylic acids is 2. The largest absolute Gasteiger partial charge is 0.459 e. The van der Waals surface area contributed by atoms with Gasteiger partial charge in [0.15, 0.2) is 5.76 Å². The van der Waals surface area contributed by atoms with Gasteiger partial charge in [0.25, 0.3) is 5.91 Å². The maximum atomic E-state index is 13.3. The van der Waals surface area contributed by atoms with Crippen molar-refractivity contribution in [2.75, 3.05) is 20.1 Å². The molecule has 8 heteroatoms. The van der Waals surface area contributed by atoms with Gasteiger partial charge in [-0.1, -0.05) is 24.3 Å². The normalized spacial score (nSPS) is 14.3. The zero-order valence-electron chi connectivity index (χ0n) is 19.0. The molecule has 4 heterocycles. The van der Waals surface area contributed by atoms with Crippen LogP contribution < -0.4 is 0 Å². The Morgan fingerprint density at radius 2 is 1.88 bits per heavy atom. The molecule has 4 aromatic rings. The summed E-state index contributed by atoms with van der Waals surface area (Å²) in [4.78, 5) is 30.4. The number of hydrogen-bond donors (Lipinski definition) is 0. The molecule has 1 fully saturated rings. The van der Waals surface area contributed by atoms with Crippen molar-refractivity contribution in [3.63, 3.8) is 0 Å². The van der Waals surface area contributed by atoms with E-state index in [2.05, 4.69) is 6.07 Å². The standard InChI is InChI=1S/C26H26N4O3S/c1-28(25(31)19-11-13-29(14-12-19)26(32)22-9-5-15-33-22)17-20-18-30(21-7-3-2-4-8-21)27-24(20)23-10-6-16-34-23/h2-10,15-16,18-19H,11-14,17H2,1H3. The highest BCUT2D eigenvalue weighted by molar-refractivity contribution is 7.13. The van der Waals surface area contributed by atoms with Gasteiger partial charge in [-0.05, 0) is 48.6 Å². The van der Waals surface area contributed by atoms with Crippen LogP contribution in [0.2, 0.25) is 0 Å². The number of thiophene rings is 1. The lowest BCUT2D eigenvalue weighted by Crippen LogP contribution is -2.43. The summed E-state index contributed by atoms with van der Waals surface area (Å²) in [6, 6.07) is 17.4. The molecule has 5 rings (SSSR count). The van der Waals surface area contributed by atoms with Gasteiger partial charge in [0.1, 0.15) is 5.69 Å². The summed E-state index contributed by atoms with van der Waals surface area (Å²) in [5.74, 6) is 0.242. The second-order valence-electron chi connectivity index (χ2n) is 8.50. The number of piperidine rings is 1. The summed E-state index contributed by atoms with van der Waals surface area (Å²) in [5.41, 5.74) is 2.89. The molecule has 0 atom stereocenters. The van der Waals surface area contributed by atoms with Crippen LogP contribution in [-0.4, -0.2) is 51.5 Å². The first-order valence-corrected chi connectivity index (χ1v) is 12.2. The molecule has 1 saturated heterocycles. The second kappa shape index (κ2) is 9.69.